The predicted octanol–water partition coefficient (Wildman–Crippen LogP) is 3.57. The van der Waals surface area contributed by atoms with E-state index in [-0.39, 0.29) is 0 Å². The molecule has 0 N–H and O–H groups in total. The van der Waals surface area contributed by atoms with Gasteiger partial charge in [0.1, 0.15) is 0 Å². The van der Waals surface area contributed by atoms with E-state index in [1.54, 1.807) is 0 Å². The van der Waals surface area contributed by atoms with E-state index in [0.29, 0.717) is 12.0 Å². The van der Waals surface area contributed by atoms with Crippen molar-refractivity contribution in [3.8, 4) is 0 Å². The zero-order valence-corrected chi connectivity index (χ0v) is 10.1. The highest BCUT2D eigenvalue weighted by atomic mass is 15.5. The third-order valence-corrected chi connectivity index (χ3v) is 2.86. The second-order valence-corrected chi connectivity index (χ2v) is 4.42. The molecule has 1 aromatic carbocycles. The molecule has 1 unspecified atom stereocenters. The fourth-order valence-corrected chi connectivity index (χ4v) is 2.19. The molecule has 0 fully saturated rings. The van der Waals surface area contributed by atoms with Gasteiger partial charge in [-0.25, -0.2) is 0 Å². The average Bonchev–Trinajstić information content (AvgIpc) is 2.28. The van der Waals surface area contributed by atoms with Gasteiger partial charge in [0.25, 0.3) is 0 Å². The molecule has 0 spiro atoms. The van der Waals surface area contributed by atoms with Crippen molar-refractivity contribution >= 4 is 6.21 Å². The molecule has 0 aliphatic carbocycles. The molecule has 16 heavy (non-hydrogen) atoms. The summed E-state index contributed by atoms with van der Waals surface area (Å²) < 4.78 is 0. The van der Waals surface area contributed by atoms with Gasteiger partial charge in [0.05, 0.1) is 12.3 Å². The van der Waals surface area contributed by atoms with Crippen LogP contribution in [0, 0.1) is 5.92 Å². The van der Waals surface area contributed by atoms with Crippen LogP contribution in [0.1, 0.15) is 37.9 Å². The zero-order chi connectivity index (χ0) is 11.5. The van der Waals surface area contributed by atoms with Crippen molar-refractivity contribution in [3.63, 3.8) is 0 Å². The van der Waals surface area contributed by atoms with Crippen LogP contribution in [0.3, 0.4) is 0 Å². The molecule has 0 aromatic heterocycles. The van der Waals surface area contributed by atoms with Crippen molar-refractivity contribution in [3.05, 3.63) is 47.7 Å². The molecule has 0 saturated heterocycles. The lowest BCUT2D eigenvalue weighted by molar-refractivity contribution is 0.227. The average molecular weight is 214 g/mol. The van der Waals surface area contributed by atoms with E-state index in [2.05, 4.69) is 43.2 Å². The van der Waals surface area contributed by atoms with E-state index in [1.165, 1.54) is 11.1 Å². The second kappa shape index (κ2) is 4.52. The van der Waals surface area contributed by atoms with Gasteiger partial charge < -0.3 is 0 Å². The van der Waals surface area contributed by atoms with Crippen LogP contribution in [0.2, 0.25) is 0 Å². The third kappa shape index (κ3) is 1.87. The van der Waals surface area contributed by atoms with Crippen LogP contribution in [0.15, 0.2) is 41.6 Å². The fourth-order valence-electron chi connectivity index (χ4n) is 2.19. The lowest BCUT2D eigenvalue weighted by Gasteiger charge is -2.33. The highest BCUT2D eigenvalue weighted by Crippen LogP contribution is 2.33. The van der Waals surface area contributed by atoms with Crippen LogP contribution in [0.25, 0.3) is 0 Å². The Morgan fingerprint density at radius 1 is 1.31 bits per heavy atom. The summed E-state index contributed by atoms with van der Waals surface area (Å²) in [5.74, 6) is 0.537. The lowest BCUT2D eigenvalue weighted by atomic mass is 9.91. The number of hydrogen-bond donors (Lipinski definition) is 0. The SMILES string of the molecule is C/C=C/N1N=Cc2ccccc2C1C(C)C. The Morgan fingerprint density at radius 2 is 2.06 bits per heavy atom. The van der Waals surface area contributed by atoms with Crippen LogP contribution in [0.4, 0.5) is 0 Å². The highest BCUT2D eigenvalue weighted by Gasteiger charge is 2.25. The number of fused-ring (bicyclic) bond motifs is 1. The summed E-state index contributed by atoms with van der Waals surface area (Å²) in [7, 11) is 0. The summed E-state index contributed by atoms with van der Waals surface area (Å²) in [6.07, 6.45) is 6.01. The van der Waals surface area contributed by atoms with Crippen molar-refractivity contribution < 1.29 is 0 Å². The summed E-state index contributed by atoms with van der Waals surface area (Å²) in [5.41, 5.74) is 2.60. The second-order valence-electron chi connectivity index (χ2n) is 4.42. The first-order valence-electron chi connectivity index (χ1n) is 5.78. The van der Waals surface area contributed by atoms with Crippen molar-refractivity contribution in [2.45, 2.75) is 26.8 Å². The van der Waals surface area contributed by atoms with E-state index >= 15 is 0 Å². The standard InChI is InChI=1S/C14H18N2/c1-4-9-16-14(11(2)3)13-8-6-5-7-12(13)10-15-16/h4-11,14H,1-3H3/b9-4+. The van der Waals surface area contributed by atoms with Gasteiger partial charge in [0.2, 0.25) is 0 Å². The number of rotatable bonds is 2. The minimum atomic E-state index is 0.345. The van der Waals surface area contributed by atoms with Crippen LogP contribution >= 0.6 is 0 Å². The molecular weight excluding hydrogens is 196 g/mol. The third-order valence-electron chi connectivity index (χ3n) is 2.86. The molecule has 2 heteroatoms. The molecule has 0 amide bonds. The van der Waals surface area contributed by atoms with E-state index in [4.69, 9.17) is 0 Å². The number of hydrazone groups is 1. The monoisotopic (exact) mass is 214 g/mol. The van der Waals surface area contributed by atoms with Crippen molar-refractivity contribution in [2.75, 3.05) is 0 Å². The number of benzene rings is 1. The van der Waals surface area contributed by atoms with Crippen molar-refractivity contribution in [1.29, 1.82) is 0 Å². The molecule has 1 heterocycles. The van der Waals surface area contributed by atoms with Gasteiger partial charge >= 0.3 is 0 Å². The van der Waals surface area contributed by atoms with Gasteiger partial charge in [0.15, 0.2) is 0 Å². The Bertz CT molecular complexity index is 418. The molecule has 1 aromatic rings. The Morgan fingerprint density at radius 3 is 2.75 bits per heavy atom. The number of hydrogen-bond acceptors (Lipinski definition) is 2. The summed E-state index contributed by atoms with van der Waals surface area (Å²) in [6, 6.07) is 8.83. The van der Waals surface area contributed by atoms with Gasteiger partial charge in [-0.2, -0.15) is 5.10 Å². The largest absolute Gasteiger partial charge is 0.265 e. The van der Waals surface area contributed by atoms with Gasteiger partial charge in [-0.05, 0) is 24.0 Å². The van der Waals surface area contributed by atoms with Crippen molar-refractivity contribution in [1.82, 2.24) is 5.01 Å². The lowest BCUT2D eigenvalue weighted by Crippen LogP contribution is -2.27. The predicted molar refractivity (Wildman–Crippen MR) is 68.3 cm³/mol. The van der Waals surface area contributed by atoms with Crippen LogP contribution in [-0.2, 0) is 0 Å². The smallest absolute Gasteiger partial charge is 0.0797 e. The Hall–Kier alpha value is -1.57. The molecular formula is C14H18N2. The topological polar surface area (TPSA) is 15.6 Å². The quantitative estimate of drug-likeness (QED) is 0.735. The first kappa shape index (κ1) is 10.9. The van der Waals surface area contributed by atoms with E-state index in [9.17, 15) is 0 Å². The molecule has 0 radical (unpaired) electrons. The number of nitrogens with zero attached hydrogens (tertiary/aromatic N) is 2. The first-order chi connectivity index (χ1) is 7.74. The summed E-state index contributed by atoms with van der Waals surface area (Å²) >= 11 is 0. The van der Waals surface area contributed by atoms with Crippen LogP contribution in [-0.4, -0.2) is 11.2 Å². The summed E-state index contributed by atoms with van der Waals surface area (Å²) in [5, 5.41) is 6.53. The first-order valence-corrected chi connectivity index (χ1v) is 5.78. The molecule has 1 aliphatic rings. The maximum Gasteiger partial charge on any atom is 0.0797 e. The molecule has 1 atom stereocenters. The van der Waals surface area contributed by atoms with Crippen molar-refractivity contribution in [2.24, 2.45) is 11.0 Å². The molecule has 0 bridgehead atoms. The Labute approximate surface area is 97.3 Å². The Kier molecular flexibility index (Phi) is 3.09. The van der Waals surface area contributed by atoms with E-state index in [1.807, 2.05) is 30.4 Å². The van der Waals surface area contributed by atoms with Gasteiger partial charge in [-0.1, -0.05) is 44.2 Å². The van der Waals surface area contributed by atoms with Gasteiger partial charge in [0, 0.05) is 6.20 Å². The minimum Gasteiger partial charge on any atom is -0.265 e. The molecule has 0 saturated carbocycles. The van der Waals surface area contributed by atoms with E-state index in [0.717, 1.165) is 0 Å². The fraction of sp³-hybridized carbons (Fsp3) is 0.357. The normalized spacial score (nSPS) is 19.5. The number of allylic oxidation sites excluding steroid dienone is 1. The summed E-state index contributed by atoms with van der Waals surface area (Å²) in [4.78, 5) is 0. The molecule has 84 valence electrons. The maximum atomic E-state index is 4.48. The van der Waals surface area contributed by atoms with Crippen LogP contribution in [0.5, 0.6) is 0 Å². The minimum absolute atomic E-state index is 0.345. The Balaban J connectivity index is 2.45. The highest BCUT2D eigenvalue weighted by molar-refractivity contribution is 5.82. The zero-order valence-electron chi connectivity index (χ0n) is 10.1. The van der Waals surface area contributed by atoms with E-state index < -0.39 is 0 Å². The van der Waals surface area contributed by atoms with Gasteiger partial charge in [-0.15, -0.1) is 0 Å². The molecule has 2 nitrogen and oxygen atoms in total. The van der Waals surface area contributed by atoms with Crippen LogP contribution < -0.4 is 0 Å². The van der Waals surface area contributed by atoms with Gasteiger partial charge in [-0.3, -0.25) is 5.01 Å². The maximum absolute atomic E-state index is 4.48. The molecule has 1 aliphatic heterocycles. The summed E-state index contributed by atoms with van der Waals surface area (Å²) in [6.45, 7) is 6.49. The molecule has 2 rings (SSSR count).